The summed E-state index contributed by atoms with van der Waals surface area (Å²) in [5.41, 5.74) is 0.330. The van der Waals surface area contributed by atoms with Crippen LogP contribution in [-0.4, -0.2) is 50.5 Å². The number of nitrogens with one attached hydrogen (secondary N) is 2. The van der Waals surface area contributed by atoms with E-state index >= 15 is 0 Å². The molecule has 0 saturated carbocycles. The van der Waals surface area contributed by atoms with Crippen LogP contribution in [0.4, 0.5) is 0 Å². The average molecular weight is 397 g/mol. The van der Waals surface area contributed by atoms with Gasteiger partial charge in [-0.15, -0.1) is 0 Å². The Kier molecular flexibility index (Phi) is 7.94. The first-order valence-corrected chi connectivity index (χ1v) is 9.57. The van der Waals surface area contributed by atoms with Gasteiger partial charge in [-0.2, -0.15) is 12.6 Å². The minimum atomic E-state index is -0.682. The van der Waals surface area contributed by atoms with Crippen LogP contribution in [0.2, 0.25) is 0 Å². The largest absolute Gasteiger partial charge is 0.497 e. The summed E-state index contributed by atoms with van der Waals surface area (Å²) < 4.78 is 16.9. The SMILES string of the molecule is COc1ccc(C2OCC(C)(C)[C@H](C(=O)NCCC(=O)NCCS)O2)cc1. The van der Waals surface area contributed by atoms with Crippen LogP contribution in [-0.2, 0) is 19.1 Å². The maximum Gasteiger partial charge on any atom is 0.249 e. The molecule has 1 unspecified atom stereocenters. The first-order valence-electron chi connectivity index (χ1n) is 8.93. The van der Waals surface area contributed by atoms with E-state index in [1.54, 1.807) is 7.11 Å². The number of amides is 2. The predicted octanol–water partition coefficient (Wildman–Crippen LogP) is 1.69. The molecule has 1 aromatic rings. The zero-order chi connectivity index (χ0) is 19.9. The molecule has 1 aliphatic rings. The van der Waals surface area contributed by atoms with Crippen molar-refractivity contribution < 1.29 is 23.8 Å². The molecule has 0 aliphatic carbocycles. The predicted molar refractivity (Wildman–Crippen MR) is 105 cm³/mol. The van der Waals surface area contributed by atoms with Gasteiger partial charge in [0.2, 0.25) is 11.8 Å². The maximum atomic E-state index is 12.6. The summed E-state index contributed by atoms with van der Waals surface area (Å²) in [6, 6.07) is 7.34. The summed E-state index contributed by atoms with van der Waals surface area (Å²) >= 11 is 4.04. The number of rotatable bonds is 8. The third-order valence-corrected chi connectivity index (χ3v) is 4.51. The molecule has 1 aliphatic heterocycles. The molecule has 2 rings (SSSR count). The minimum absolute atomic E-state index is 0.118. The van der Waals surface area contributed by atoms with Crippen LogP contribution in [0.5, 0.6) is 5.75 Å². The second-order valence-electron chi connectivity index (χ2n) is 7.04. The Hall–Kier alpha value is -1.77. The lowest BCUT2D eigenvalue weighted by atomic mass is 9.85. The fraction of sp³-hybridized carbons (Fsp3) is 0.579. The maximum absolute atomic E-state index is 12.6. The molecule has 1 heterocycles. The summed E-state index contributed by atoms with van der Waals surface area (Å²) in [7, 11) is 1.60. The van der Waals surface area contributed by atoms with Gasteiger partial charge in [-0.25, -0.2) is 0 Å². The highest BCUT2D eigenvalue weighted by molar-refractivity contribution is 7.80. The number of carbonyl (C=O) groups excluding carboxylic acids is 2. The number of hydrogen-bond acceptors (Lipinski definition) is 6. The summed E-state index contributed by atoms with van der Waals surface area (Å²) in [6.07, 6.45) is -1.09. The molecule has 1 saturated heterocycles. The van der Waals surface area contributed by atoms with E-state index in [2.05, 4.69) is 23.3 Å². The molecule has 2 atom stereocenters. The first kappa shape index (κ1) is 21.5. The van der Waals surface area contributed by atoms with Crippen molar-refractivity contribution in [3.05, 3.63) is 29.8 Å². The van der Waals surface area contributed by atoms with Crippen molar-refractivity contribution in [1.82, 2.24) is 10.6 Å². The Morgan fingerprint density at radius 1 is 1.22 bits per heavy atom. The van der Waals surface area contributed by atoms with E-state index in [1.807, 2.05) is 38.1 Å². The van der Waals surface area contributed by atoms with Gasteiger partial charge in [-0.3, -0.25) is 9.59 Å². The minimum Gasteiger partial charge on any atom is -0.497 e. The molecule has 0 bridgehead atoms. The van der Waals surface area contributed by atoms with Gasteiger partial charge in [-0.1, -0.05) is 26.0 Å². The number of ether oxygens (including phenoxy) is 3. The van der Waals surface area contributed by atoms with E-state index in [9.17, 15) is 9.59 Å². The Morgan fingerprint density at radius 2 is 1.93 bits per heavy atom. The highest BCUT2D eigenvalue weighted by atomic mass is 32.1. The Morgan fingerprint density at radius 3 is 2.56 bits per heavy atom. The second-order valence-corrected chi connectivity index (χ2v) is 7.48. The molecule has 1 fully saturated rings. The van der Waals surface area contributed by atoms with Gasteiger partial charge >= 0.3 is 0 Å². The summed E-state index contributed by atoms with van der Waals surface area (Å²) in [4.78, 5) is 24.2. The Bertz CT molecular complexity index is 635. The lowest BCUT2D eigenvalue weighted by Crippen LogP contribution is -2.52. The van der Waals surface area contributed by atoms with Gasteiger partial charge in [-0.05, 0) is 12.1 Å². The molecule has 0 radical (unpaired) electrons. The zero-order valence-electron chi connectivity index (χ0n) is 16.0. The fourth-order valence-electron chi connectivity index (χ4n) is 2.74. The standard InChI is InChI=1S/C19H28N2O5S/c1-19(2)12-25-18(13-4-6-14(24-3)7-5-13)26-16(19)17(23)21-9-8-15(22)20-10-11-27/h4-7,16,18,27H,8-12H2,1-3H3,(H,20,22)(H,21,23)/t16-,18?/m0/s1. The van der Waals surface area contributed by atoms with Crippen molar-refractivity contribution in [2.24, 2.45) is 5.41 Å². The zero-order valence-corrected chi connectivity index (χ0v) is 16.9. The van der Waals surface area contributed by atoms with Crippen LogP contribution in [0.25, 0.3) is 0 Å². The van der Waals surface area contributed by atoms with Crippen molar-refractivity contribution in [1.29, 1.82) is 0 Å². The van der Waals surface area contributed by atoms with Crippen LogP contribution in [0.1, 0.15) is 32.1 Å². The van der Waals surface area contributed by atoms with E-state index in [0.29, 0.717) is 18.9 Å². The molecule has 2 amide bonds. The summed E-state index contributed by atoms with van der Waals surface area (Å²) in [5.74, 6) is 0.950. The van der Waals surface area contributed by atoms with Crippen LogP contribution in [0, 0.1) is 5.41 Å². The number of carbonyl (C=O) groups is 2. The Labute approximate surface area is 165 Å². The number of benzene rings is 1. The van der Waals surface area contributed by atoms with Crippen LogP contribution >= 0.6 is 12.6 Å². The van der Waals surface area contributed by atoms with Crippen LogP contribution < -0.4 is 15.4 Å². The van der Waals surface area contributed by atoms with E-state index in [0.717, 1.165) is 11.3 Å². The van der Waals surface area contributed by atoms with Crippen molar-refractivity contribution in [3.8, 4) is 5.75 Å². The molecule has 150 valence electrons. The van der Waals surface area contributed by atoms with Gasteiger partial charge in [0.15, 0.2) is 6.29 Å². The lowest BCUT2D eigenvalue weighted by molar-refractivity contribution is -0.258. The Balaban J connectivity index is 1.93. The molecule has 0 aromatic heterocycles. The highest BCUT2D eigenvalue weighted by Gasteiger charge is 2.43. The monoisotopic (exact) mass is 396 g/mol. The second kappa shape index (κ2) is 9.96. The third-order valence-electron chi connectivity index (χ3n) is 4.29. The smallest absolute Gasteiger partial charge is 0.249 e. The molecule has 27 heavy (non-hydrogen) atoms. The average Bonchev–Trinajstić information content (AvgIpc) is 2.66. The topological polar surface area (TPSA) is 85.9 Å². The van der Waals surface area contributed by atoms with Gasteiger partial charge < -0.3 is 24.8 Å². The van der Waals surface area contributed by atoms with Crippen LogP contribution in [0.3, 0.4) is 0 Å². The van der Waals surface area contributed by atoms with Gasteiger partial charge in [0.05, 0.1) is 13.7 Å². The molecule has 0 spiro atoms. The molecule has 8 heteroatoms. The number of thiol groups is 1. The van der Waals surface area contributed by atoms with Gasteiger partial charge in [0.25, 0.3) is 0 Å². The van der Waals surface area contributed by atoms with Gasteiger partial charge in [0.1, 0.15) is 11.9 Å². The first-order chi connectivity index (χ1) is 12.9. The van der Waals surface area contributed by atoms with E-state index in [-0.39, 0.29) is 24.8 Å². The molecule has 2 N–H and O–H groups in total. The van der Waals surface area contributed by atoms with E-state index < -0.39 is 17.8 Å². The third kappa shape index (κ3) is 6.12. The number of hydrogen-bond donors (Lipinski definition) is 3. The van der Waals surface area contributed by atoms with Gasteiger partial charge in [0, 0.05) is 36.2 Å². The molecular weight excluding hydrogens is 368 g/mol. The van der Waals surface area contributed by atoms with Crippen molar-refractivity contribution >= 4 is 24.4 Å². The van der Waals surface area contributed by atoms with E-state index in [4.69, 9.17) is 14.2 Å². The summed E-state index contributed by atoms with van der Waals surface area (Å²) in [5, 5.41) is 5.50. The van der Waals surface area contributed by atoms with Crippen molar-refractivity contribution in [3.63, 3.8) is 0 Å². The molecule has 7 nitrogen and oxygen atoms in total. The summed E-state index contributed by atoms with van der Waals surface area (Å²) in [6.45, 7) is 4.97. The fourth-order valence-corrected chi connectivity index (χ4v) is 2.85. The van der Waals surface area contributed by atoms with Crippen molar-refractivity contribution in [2.75, 3.05) is 32.6 Å². The van der Waals surface area contributed by atoms with E-state index in [1.165, 1.54) is 0 Å². The normalized spacial score (nSPS) is 21.3. The quantitative estimate of drug-likeness (QED) is 0.582. The van der Waals surface area contributed by atoms with Crippen LogP contribution in [0.15, 0.2) is 24.3 Å². The molecular formula is C19H28N2O5S. The number of methoxy groups -OCH3 is 1. The molecule has 1 aromatic carbocycles. The highest BCUT2D eigenvalue weighted by Crippen LogP contribution is 2.36. The van der Waals surface area contributed by atoms with Crippen molar-refractivity contribution in [2.45, 2.75) is 32.7 Å². The lowest BCUT2D eigenvalue weighted by Gasteiger charge is -2.41.